The van der Waals surface area contributed by atoms with Gasteiger partial charge in [-0.05, 0) is 36.2 Å². The van der Waals surface area contributed by atoms with Gasteiger partial charge in [0, 0.05) is 32.4 Å². The number of carbonyl (C=O) groups is 3. The van der Waals surface area contributed by atoms with Crippen LogP contribution in [0.1, 0.15) is 51.0 Å². The maximum Gasteiger partial charge on any atom is 0.261 e. The Hall–Kier alpha value is -3.81. The standard InChI is InChI=1S/C23H21FN4O3/c1-27-13-11-25-21(27)20(15-6-4-7-16(24)14-15)26-19(29)10-5-12-28-22(30)17-8-2-3-9-18(17)23(28)31/h2-4,6-9,11,13-14,20H,5,10,12H2,1H3,(H,26,29). The average molecular weight is 420 g/mol. The summed E-state index contributed by atoms with van der Waals surface area (Å²) in [6.07, 6.45) is 3.77. The number of hydrogen-bond donors (Lipinski definition) is 1. The van der Waals surface area contributed by atoms with Gasteiger partial charge in [0.25, 0.3) is 11.8 Å². The smallest absolute Gasteiger partial charge is 0.261 e. The van der Waals surface area contributed by atoms with E-state index in [0.29, 0.717) is 28.9 Å². The van der Waals surface area contributed by atoms with Crippen molar-refractivity contribution in [3.8, 4) is 0 Å². The molecule has 3 aromatic rings. The Morgan fingerprint density at radius 3 is 2.42 bits per heavy atom. The van der Waals surface area contributed by atoms with Crippen molar-refractivity contribution in [1.82, 2.24) is 19.8 Å². The molecule has 1 N–H and O–H groups in total. The zero-order valence-corrected chi connectivity index (χ0v) is 16.9. The van der Waals surface area contributed by atoms with E-state index < -0.39 is 11.9 Å². The molecule has 2 heterocycles. The van der Waals surface area contributed by atoms with Gasteiger partial charge in [0.2, 0.25) is 5.91 Å². The molecule has 7 nitrogen and oxygen atoms in total. The van der Waals surface area contributed by atoms with Gasteiger partial charge in [-0.2, -0.15) is 0 Å². The number of aromatic nitrogens is 2. The van der Waals surface area contributed by atoms with Gasteiger partial charge in [-0.25, -0.2) is 9.37 Å². The predicted molar refractivity (Wildman–Crippen MR) is 111 cm³/mol. The van der Waals surface area contributed by atoms with Crippen molar-refractivity contribution < 1.29 is 18.8 Å². The quantitative estimate of drug-likeness (QED) is 0.596. The van der Waals surface area contributed by atoms with E-state index in [1.807, 2.05) is 0 Å². The largest absolute Gasteiger partial charge is 0.342 e. The Kier molecular flexibility index (Phi) is 5.62. The third kappa shape index (κ3) is 4.09. The van der Waals surface area contributed by atoms with Crippen molar-refractivity contribution in [1.29, 1.82) is 0 Å². The summed E-state index contributed by atoms with van der Waals surface area (Å²) in [5.41, 5.74) is 1.35. The minimum absolute atomic E-state index is 0.101. The molecule has 1 aromatic heterocycles. The molecule has 1 unspecified atom stereocenters. The van der Waals surface area contributed by atoms with E-state index in [1.54, 1.807) is 60.4 Å². The molecule has 0 aliphatic carbocycles. The van der Waals surface area contributed by atoms with Crippen LogP contribution < -0.4 is 5.32 Å². The molecule has 0 saturated heterocycles. The number of aryl methyl sites for hydroxylation is 1. The Labute approximate surface area is 178 Å². The van der Waals surface area contributed by atoms with E-state index in [0.717, 1.165) is 0 Å². The molecule has 1 aliphatic heterocycles. The van der Waals surface area contributed by atoms with Crippen molar-refractivity contribution in [2.45, 2.75) is 18.9 Å². The summed E-state index contributed by atoms with van der Waals surface area (Å²) < 4.78 is 15.5. The molecule has 0 saturated carbocycles. The van der Waals surface area contributed by atoms with E-state index in [9.17, 15) is 18.8 Å². The van der Waals surface area contributed by atoms with Crippen LogP contribution in [-0.2, 0) is 11.8 Å². The van der Waals surface area contributed by atoms with E-state index in [4.69, 9.17) is 0 Å². The Morgan fingerprint density at radius 1 is 1.10 bits per heavy atom. The molecule has 0 fully saturated rings. The normalized spacial score (nSPS) is 13.9. The molecule has 1 atom stereocenters. The number of nitrogens with one attached hydrogen (secondary N) is 1. The van der Waals surface area contributed by atoms with Crippen LogP contribution in [-0.4, -0.2) is 38.7 Å². The number of imidazole rings is 1. The van der Waals surface area contributed by atoms with Crippen molar-refractivity contribution >= 4 is 17.7 Å². The third-order valence-corrected chi connectivity index (χ3v) is 5.27. The van der Waals surface area contributed by atoms with E-state index in [-0.39, 0.29) is 30.7 Å². The molecule has 1 aliphatic rings. The van der Waals surface area contributed by atoms with Gasteiger partial charge in [0.1, 0.15) is 17.7 Å². The first-order valence-electron chi connectivity index (χ1n) is 9.93. The summed E-state index contributed by atoms with van der Waals surface area (Å²) in [6, 6.07) is 12.0. The number of rotatable bonds is 7. The summed E-state index contributed by atoms with van der Waals surface area (Å²) >= 11 is 0. The van der Waals surface area contributed by atoms with E-state index in [2.05, 4.69) is 10.3 Å². The Bertz CT molecular complexity index is 1120. The first-order valence-corrected chi connectivity index (χ1v) is 9.93. The van der Waals surface area contributed by atoms with Crippen LogP contribution in [0.5, 0.6) is 0 Å². The lowest BCUT2D eigenvalue weighted by Gasteiger charge is -2.20. The van der Waals surface area contributed by atoms with E-state index >= 15 is 0 Å². The zero-order valence-electron chi connectivity index (χ0n) is 16.9. The highest BCUT2D eigenvalue weighted by Crippen LogP contribution is 2.24. The van der Waals surface area contributed by atoms with Crippen molar-refractivity contribution in [3.05, 3.63) is 89.3 Å². The molecular weight excluding hydrogens is 399 g/mol. The number of hydrogen-bond acceptors (Lipinski definition) is 4. The van der Waals surface area contributed by atoms with Crippen molar-refractivity contribution in [2.24, 2.45) is 7.05 Å². The second-order valence-corrected chi connectivity index (χ2v) is 7.36. The third-order valence-electron chi connectivity index (χ3n) is 5.27. The van der Waals surface area contributed by atoms with Gasteiger partial charge >= 0.3 is 0 Å². The minimum Gasteiger partial charge on any atom is -0.342 e. The number of fused-ring (bicyclic) bond motifs is 1. The SMILES string of the molecule is Cn1ccnc1C(NC(=O)CCCN1C(=O)c2ccccc2C1=O)c1cccc(F)c1. The van der Waals surface area contributed by atoms with Gasteiger partial charge in [0.05, 0.1) is 11.1 Å². The topological polar surface area (TPSA) is 84.3 Å². The summed E-state index contributed by atoms with van der Waals surface area (Å²) in [6.45, 7) is 0.146. The van der Waals surface area contributed by atoms with E-state index in [1.165, 1.54) is 17.0 Å². The van der Waals surface area contributed by atoms with Crippen LogP contribution in [0.2, 0.25) is 0 Å². The molecule has 4 rings (SSSR count). The minimum atomic E-state index is -0.623. The lowest BCUT2D eigenvalue weighted by molar-refractivity contribution is -0.121. The van der Waals surface area contributed by atoms with Gasteiger partial charge in [0.15, 0.2) is 0 Å². The Balaban J connectivity index is 1.41. The summed E-state index contributed by atoms with van der Waals surface area (Å²) in [4.78, 5) is 43.0. The molecule has 31 heavy (non-hydrogen) atoms. The lowest BCUT2D eigenvalue weighted by Crippen LogP contribution is -2.33. The highest BCUT2D eigenvalue weighted by atomic mass is 19.1. The second-order valence-electron chi connectivity index (χ2n) is 7.36. The number of amides is 3. The lowest BCUT2D eigenvalue weighted by atomic mass is 10.1. The highest BCUT2D eigenvalue weighted by molar-refractivity contribution is 6.21. The molecule has 8 heteroatoms. The average Bonchev–Trinajstić information content (AvgIpc) is 3.29. The fourth-order valence-corrected chi connectivity index (χ4v) is 3.71. The highest BCUT2D eigenvalue weighted by Gasteiger charge is 2.34. The molecule has 0 radical (unpaired) electrons. The number of carbonyl (C=O) groups excluding carboxylic acids is 3. The van der Waals surface area contributed by atoms with Crippen LogP contribution in [0.15, 0.2) is 60.9 Å². The van der Waals surface area contributed by atoms with Crippen LogP contribution in [0.3, 0.4) is 0 Å². The predicted octanol–water partition coefficient (Wildman–Crippen LogP) is 2.84. The molecule has 0 bridgehead atoms. The maximum atomic E-state index is 13.8. The molecule has 2 aromatic carbocycles. The molecular formula is C23H21FN4O3. The van der Waals surface area contributed by atoms with Gasteiger partial charge < -0.3 is 9.88 Å². The van der Waals surface area contributed by atoms with Crippen LogP contribution in [0.25, 0.3) is 0 Å². The van der Waals surface area contributed by atoms with Gasteiger partial charge in [-0.1, -0.05) is 24.3 Å². The number of nitrogens with zero attached hydrogens (tertiary/aromatic N) is 3. The Morgan fingerprint density at radius 2 is 1.81 bits per heavy atom. The number of imide groups is 1. The van der Waals surface area contributed by atoms with Crippen LogP contribution in [0.4, 0.5) is 4.39 Å². The van der Waals surface area contributed by atoms with Crippen molar-refractivity contribution in [2.75, 3.05) is 6.54 Å². The monoisotopic (exact) mass is 420 g/mol. The number of benzene rings is 2. The summed E-state index contributed by atoms with van der Waals surface area (Å²) in [5.74, 6) is -0.803. The molecule has 0 spiro atoms. The fraction of sp³-hybridized carbons (Fsp3) is 0.217. The van der Waals surface area contributed by atoms with Gasteiger partial charge in [-0.3, -0.25) is 19.3 Å². The number of halogens is 1. The summed E-state index contributed by atoms with van der Waals surface area (Å²) in [5, 5.41) is 2.89. The zero-order chi connectivity index (χ0) is 22.0. The fourth-order valence-electron chi connectivity index (χ4n) is 3.71. The maximum absolute atomic E-state index is 13.8. The summed E-state index contributed by atoms with van der Waals surface area (Å²) in [7, 11) is 1.79. The second kappa shape index (κ2) is 8.51. The first kappa shape index (κ1) is 20.5. The van der Waals surface area contributed by atoms with Gasteiger partial charge in [-0.15, -0.1) is 0 Å². The first-order chi connectivity index (χ1) is 15.0. The molecule has 158 valence electrons. The van der Waals surface area contributed by atoms with Crippen LogP contribution >= 0.6 is 0 Å². The van der Waals surface area contributed by atoms with Crippen LogP contribution in [0, 0.1) is 5.82 Å². The molecule has 3 amide bonds. The van der Waals surface area contributed by atoms with Crippen molar-refractivity contribution in [3.63, 3.8) is 0 Å².